The van der Waals surface area contributed by atoms with Gasteiger partial charge < -0.3 is 14.6 Å². The van der Waals surface area contributed by atoms with Crippen LogP contribution in [-0.4, -0.2) is 24.9 Å². The van der Waals surface area contributed by atoms with E-state index in [-0.39, 0.29) is 6.10 Å². The van der Waals surface area contributed by atoms with Crippen LogP contribution in [0.25, 0.3) is 0 Å². The molecule has 0 bridgehead atoms. The topological polar surface area (TPSA) is 38.7 Å². The van der Waals surface area contributed by atoms with E-state index in [1.165, 1.54) is 0 Å². The molecular weight excluding hydrogens is 192 g/mol. The standard InChI is InChI=1S/C12H18O3/c1-9(8-14-3)15-12-6-4-11(5-7-12)10(2)13/h4-7,9-10,13H,8H2,1-3H3. The molecule has 1 N–H and O–H groups in total. The molecule has 1 aromatic carbocycles. The summed E-state index contributed by atoms with van der Waals surface area (Å²) in [5.41, 5.74) is 0.891. The average Bonchev–Trinajstić information content (AvgIpc) is 2.18. The molecule has 15 heavy (non-hydrogen) atoms. The van der Waals surface area contributed by atoms with Gasteiger partial charge in [-0.3, -0.25) is 0 Å². The Balaban J connectivity index is 2.56. The number of aliphatic hydroxyl groups is 1. The van der Waals surface area contributed by atoms with Crippen molar-refractivity contribution in [3.05, 3.63) is 29.8 Å². The lowest BCUT2D eigenvalue weighted by molar-refractivity contribution is 0.0920. The SMILES string of the molecule is COCC(C)Oc1ccc(C(C)O)cc1. The second kappa shape index (κ2) is 5.73. The van der Waals surface area contributed by atoms with E-state index >= 15 is 0 Å². The van der Waals surface area contributed by atoms with Crippen LogP contribution in [0.2, 0.25) is 0 Å². The third-order valence-corrected chi connectivity index (χ3v) is 2.10. The predicted octanol–water partition coefficient (Wildman–Crippen LogP) is 2.15. The Hall–Kier alpha value is -1.06. The second-order valence-corrected chi connectivity index (χ2v) is 3.63. The molecule has 0 saturated carbocycles. The molecule has 0 aliphatic rings. The van der Waals surface area contributed by atoms with Crippen LogP contribution in [0.4, 0.5) is 0 Å². The molecule has 0 spiro atoms. The lowest BCUT2D eigenvalue weighted by atomic mass is 10.1. The lowest BCUT2D eigenvalue weighted by Gasteiger charge is -2.14. The summed E-state index contributed by atoms with van der Waals surface area (Å²) in [4.78, 5) is 0. The second-order valence-electron chi connectivity index (χ2n) is 3.63. The van der Waals surface area contributed by atoms with Gasteiger partial charge in [0.2, 0.25) is 0 Å². The molecule has 1 aromatic rings. The normalized spacial score (nSPS) is 14.7. The Morgan fingerprint density at radius 1 is 1.20 bits per heavy atom. The number of aliphatic hydroxyl groups excluding tert-OH is 1. The summed E-state index contributed by atoms with van der Waals surface area (Å²) in [5, 5.41) is 9.32. The molecule has 2 atom stereocenters. The van der Waals surface area contributed by atoms with Gasteiger partial charge in [-0.1, -0.05) is 12.1 Å². The molecule has 0 aliphatic heterocycles. The fraction of sp³-hybridized carbons (Fsp3) is 0.500. The van der Waals surface area contributed by atoms with E-state index in [0.717, 1.165) is 11.3 Å². The molecule has 2 unspecified atom stereocenters. The predicted molar refractivity (Wildman–Crippen MR) is 59.0 cm³/mol. The Kier molecular flexibility index (Phi) is 4.59. The zero-order valence-corrected chi connectivity index (χ0v) is 9.43. The van der Waals surface area contributed by atoms with Crippen LogP contribution in [0, 0.1) is 0 Å². The van der Waals surface area contributed by atoms with E-state index in [4.69, 9.17) is 9.47 Å². The molecule has 1 rings (SSSR count). The van der Waals surface area contributed by atoms with Crippen molar-refractivity contribution in [1.29, 1.82) is 0 Å². The highest BCUT2D eigenvalue weighted by Gasteiger charge is 2.04. The average molecular weight is 210 g/mol. The monoisotopic (exact) mass is 210 g/mol. The van der Waals surface area contributed by atoms with Crippen molar-refractivity contribution in [2.45, 2.75) is 26.1 Å². The largest absolute Gasteiger partial charge is 0.488 e. The highest BCUT2D eigenvalue weighted by Crippen LogP contribution is 2.18. The van der Waals surface area contributed by atoms with Gasteiger partial charge in [-0.05, 0) is 31.5 Å². The third-order valence-electron chi connectivity index (χ3n) is 2.10. The first-order valence-electron chi connectivity index (χ1n) is 5.07. The van der Waals surface area contributed by atoms with Crippen LogP contribution in [0.5, 0.6) is 5.75 Å². The third kappa shape index (κ3) is 3.90. The van der Waals surface area contributed by atoms with E-state index in [2.05, 4.69) is 0 Å². The zero-order chi connectivity index (χ0) is 11.3. The molecule has 0 aliphatic carbocycles. The Morgan fingerprint density at radius 2 is 1.80 bits per heavy atom. The van der Waals surface area contributed by atoms with Gasteiger partial charge >= 0.3 is 0 Å². The summed E-state index contributed by atoms with van der Waals surface area (Å²) in [6.07, 6.45) is -0.400. The van der Waals surface area contributed by atoms with Crippen LogP contribution in [0.3, 0.4) is 0 Å². The molecule has 0 heterocycles. The fourth-order valence-corrected chi connectivity index (χ4v) is 1.33. The minimum atomic E-state index is -0.435. The van der Waals surface area contributed by atoms with Crippen molar-refractivity contribution in [3.63, 3.8) is 0 Å². The Bertz CT molecular complexity index is 279. The van der Waals surface area contributed by atoms with E-state index in [0.29, 0.717) is 6.61 Å². The summed E-state index contributed by atoms with van der Waals surface area (Å²) in [5.74, 6) is 0.795. The van der Waals surface area contributed by atoms with E-state index < -0.39 is 6.10 Å². The summed E-state index contributed by atoms with van der Waals surface area (Å²) < 4.78 is 10.6. The molecule has 0 fully saturated rings. The molecule has 3 nitrogen and oxygen atoms in total. The number of hydrogen-bond acceptors (Lipinski definition) is 3. The molecule has 84 valence electrons. The summed E-state index contributed by atoms with van der Waals surface area (Å²) in [6.45, 7) is 4.26. The first-order chi connectivity index (χ1) is 7.13. The van der Waals surface area contributed by atoms with Gasteiger partial charge in [0.05, 0.1) is 12.7 Å². The maximum absolute atomic E-state index is 9.32. The molecular formula is C12H18O3. The molecule has 0 radical (unpaired) electrons. The van der Waals surface area contributed by atoms with Gasteiger partial charge in [-0.25, -0.2) is 0 Å². The minimum absolute atomic E-state index is 0.0346. The molecule has 3 heteroatoms. The molecule has 0 aromatic heterocycles. The highest BCUT2D eigenvalue weighted by atomic mass is 16.5. The van der Waals surface area contributed by atoms with Crippen molar-refractivity contribution < 1.29 is 14.6 Å². The fourth-order valence-electron chi connectivity index (χ4n) is 1.33. The Labute approximate surface area is 90.6 Å². The quantitative estimate of drug-likeness (QED) is 0.809. The summed E-state index contributed by atoms with van der Waals surface area (Å²) in [7, 11) is 1.65. The number of rotatable bonds is 5. The smallest absolute Gasteiger partial charge is 0.119 e. The van der Waals surface area contributed by atoms with Crippen molar-refractivity contribution in [2.75, 3.05) is 13.7 Å². The van der Waals surface area contributed by atoms with Gasteiger partial charge in [0.15, 0.2) is 0 Å². The van der Waals surface area contributed by atoms with Crippen molar-refractivity contribution >= 4 is 0 Å². The van der Waals surface area contributed by atoms with Gasteiger partial charge in [0.1, 0.15) is 11.9 Å². The lowest BCUT2D eigenvalue weighted by Crippen LogP contribution is -2.17. The van der Waals surface area contributed by atoms with Crippen molar-refractivity contribution in [2.24, 2.45) is 0 Å². The van der Waals surface area contributed by atoms with Crippen molar-refractivity contribution in [1.82, 2.24) is 0 Å². The van der Waals surface area contributed by atoms with Gasteiger partial charge in [0, 0.05) is 7.11 Å². The number of ether oxygens (including phenoxy) is 2. The summed E-state index contributed by atoms with van der Waals surface area (Å²) in [6, 6.07) is 7.43. The van der Waals surface area contributed by atoms with Crippen LogP contribution in [0.15, 0.2) is 24.3 Å². The van der Waals surface area contributed by atoms with Crippen molar-refractivity contribution in [3.8, 4) is 5.75 Å². The number of hydrogen-bond donors (Lipinski definition) is 1. The van der Waals surface area contributed by atoms with Gasteiger partial charge in [-0.15, -0.1) is 0 Å². The highest BCUT2D eigenvalue weighted by molar-refractivity contribution is 5.28. The summed E-state index contributed by atoms with van der Waals surface area (Å²) >= 11 is 0. The van der Waals surface area contributed by atoms with Crippen LogP contribution in [0.1, 0.15) is 25.5 Å². The Morgan fingerprint density at radius 3 is 2.27 bits per heavy atom. The van der Waals surface area contributed by atoms with E-state index in [1.807, 2.05) is 31.2 Å². The van der Waals surface area contributed by atoms with Crippen LogP contribution < -0.4 is 4.74 Å². The van der Waals surface area contributed by atoms with Gasteiger partial charge in [-0.2, -0.15) is 0 Å². The van der Waals surface area contributed by atoms with Crippen LogP contribution in [-0.2, 0) is 4.74 Å². The maximum atomic E-state index is 9.32. The first kappa shape index (κ1) is 12.0. The molecule has 0 saturated heterocycles. The minimum Gasteiger partial charge on any atom is -0.488 e. The maximum Gasteiger partial charge on any atom is 0.119 e. The first-order valence-corrected chi connectivity index (χ1v) is 5.07. The van der Waals surface area contributed by atoms with Gasteiger partial charge in [0.25, 0.3) is 0 Å². The molecule has 0 amide bonds. The number of benzene rings is 1. The number of methoxy groups -OCH3 is 1. The van der Waals surface area contributed by atoms with Crippen LogP contribution >= 0.6 is 0 Å². The van der Waals surface area contributed by atoms with E-state index in [9.17, 15) is 5.11 Å². The van der Waals surface area contributed by atoms with E-state index in [1.54, 1.807) is 14.0 Å². The zero-order valence-electron chi connectivity index (χ0n) is 9.43.